The van der Waals surface area contributed by atoms with E-state index in [9.17, 15) is 4.79 Å². The van der Waals surface area contributed by atoms with Crippen LogP contribution in [0.15, 0.2) is 46.9 Å². The van der Waals surface area contributed by atoms with Gasteiger partial charge >= 0.3 is 0 Å². The fourth-order valence-corrected chi connectivity index (χ4v) is 3.04. The van der Waals surface area contributed by atoms with E-state index in [4.69, 9.17) is 11.6 Å². The van der Waals surface area contributed by atoms with Gasteiger partial charge < -0.3 is 5.32 Å². The van der Waals surface area contributed by atoms with Gasteiger partial charge in [0.1, 0.15) is 5.00 Å². The highest BCUT2D eigenvalue weighted by Crippen LogP contribution is 2.27. The number of hydrogen-bond acceptors (Lipinski definition) is 4. The highest BCUT2D eigenvalue weighted by atomic mass is 35.5. The Bertz CT molecular complexity index is 896. The fraction of sp³-hybridized carbons (Fsp3) is 0.118. The van der Waals surface area contributed by atoms with E-state index >= 15 is 0 Å². The van der Waals surface area contributed by atoms with Crippen LogP contribution >= 0.6 is 22.9 Å². The molecule has 0 aliphatic carbocycles. The molecule has 122 valence electrons. The normalized spacial score (nSPS) is 11.1. The van der Waals surface area contributed by atoms with E-state index in [1.54, 1.807) is 41.2 Å². The van der Waals surface area contributed by atoms with E-state index in [0.29, 0.717) is 21.3 Å². The molecule has 1 aromatic carbocycles. The van der Waals surface area contributed by atoms with Gasteiger partial charge in [-0.3, -0.25) is 9.48 Å². The second-order valence-corrected chi connectivity index (χ2v) is 6.53. The Kier molecular flexibility index (Phi) is 4.78. The second-order valence-electron chi connectivity index (χ2n) is 5.20. The number of nitrogens with one attached hydrogen (secondary N) is 1. The van der Waals surface area contributed by atoms with Crippen molar-refractivity contribution in [2.75, 3.05) is 5.32 Å². The molecule has 24 heavy (non-hydrogen) atoms. The highest BCUT2D eigenvalue weighted by Gasteiger charge is 2.12. The van der Waals surface area contributed by atoms with E-state index in [1.807, 2.05) is 25.5 Å². The maximum absolute atomic E-state index is 12.4. The molecular weight excluding hydrogens is 344 g/mol. The summed E-state index contributed by atoms with van der Waals surface area (Å²) in [7, 11) is 1.86. The first-order valence-corrected chi connectivity index (χ1v) is 8.47. The molecule has 0 atom stereocenters. The Morgan fingerprint density at radius 3 is 2.75 bits per heavy atom. The van der Waals surface area contributed by atoms with Crippen LogP contribution in [0.2, 0.25) is 5.02 Å². The van der Waals surface area contributed by atoms with Crippen molar-refractivity contribution < 1.29 is 4.79 Å². The average molecular weight is 359 g/mol. The van der Waals surface area contributed by atoms with Crippen molar-refractivity contribution in [1.29, 1.82) is 0 Å². The van der Waals surface area contributed by atoms with Gasteiger partial charge in [0.15, 0.2) is 0 Å². The van der Waals surface area contributed by atoms with Gasteiger partial charge in [-0.05, 0) is 42.6 Å². The molecule has 0 aliphatic rings. The number of aryl methyl sites for hydroxylation is 2. The molecule has 0 saturated carbocycles. The number of amides is 1. The van der Waals surface area contributed by atoms with Gasteiger partial charge in [0.05, 0.1) is 11.3 Å². The van der Waals surface area contributed by atoms with Crippen LogP contribution < -0.4 is 5.32 Å². The number of halogens is 1. The quantitative estimate of drug-likeness (QED) is 0.700. The Morgan fingerprint density at radius 2 is 2.08 bits per heavy atom. The molecule has 0 aliphatic heterocycles. The second kappa shape index (κ2) is 6.98. The van der Waals surface area contributed by atoms with Crippen molar-refractivity contribution in [3.63, 3.8) is 0 Å². The lowest BCUT2D eigenvalue weighted by Crippen LogP contribution is -2.10. The number of benzene rings is 1. The van der Waals surface area contributed by atoms with Crippen molar-refractivity contribution in [1.82, 2.24) is 9.78 Å². The van der Waals surface area contributed by atoms with E-state index in [-0.39, 0.29) is 5.91 Å². The molecule has 0 radical (unpaired) electrons. The van der Waals surface area contributed by atoms with Crippen LogP contribution in [0, 0.1) is 6.92 Å². The molecule has 0 saturated heterocycles. The molecular formula is C17H15ClN4OS. The highest BCUT2D eigenvalue weighted by molar-refractivity contribution is 7.14. The molecule has 0 spiro atoms. The van der Waals surface area contributed by atoms with Crippen LogP contribution in [0.1, 0.15) is 21.6 Å². The summed E-state index contributed by atoms with van der Waals surface area (Å²) < 4.78 is 1.74. The molecule has 2 aromatic heterocycles. The Balaban J connectivity index is 1.78. The minimum Gasteiger partial charge on any atom is -0.322 e. The van der Waals surface area contributed by atoms with Gasteiger partial charge in [-0.25, -0.2) is 4.99 Å². The van der Waals surface area contributed by atoms with E-state index in [0.717, 1.165) is 11.3 Å². The summed E-state index contributed by atoms with van der Waals surface area (Å²) in [6.45, 7) is 1.92. The predicted octanol–water partition coefficient (Wildman–Crippen LogP) is 4.45. The Labute approximate surface area is 148 Å². The van der Waals surface area contributed by atoms with Gasteiger partial charge in [0, 0.05) is 35.7 Å². The number of anilines is 1. The lowest BCUT2D eigenvalue weighted by atomic mass is 10.2. The van der Waals surface area contributed by atoms with E-state index in [1.165, 1.54) is 11.3 Å². The summed E-state index contributed by atoms with van der Waals surface area (Å²) >= 11 is 7.27. The molecule has 3 rings (SSSR count). The minimum atomic E-state index is -0.200. The SMILES string of the molecule is Cc1nn(C)cc1C=Nc1sccc1C(=O)Nc1ccc(Cl)cc1. The molecule has 0 fully saturated rings. The summed E-state index contributed by atoms with van der Waals surface area (Å²) in [5.41, 5.74) is 3.04. The van der Waals surface area contributed by atoms with Gasteiger partial charge in [0.2, 0.25) is 0 Å². The number of hydrogen-bond donors (Lipinski definition) is 1. The molecule has 3 aromatic rings. The van der Waals surface area contributed by atoms with Gasteiger partial charge in [0.25, 0.3) is 5.91 Å². The first kappa shape index (κ1) is 16.4. The van der Waals surface area contributed by atoms with Crippen molar-refractivity contribution in [2.24, 2.45) is 12.0 Å². The number of aromatic nitrogens is 2. The first-order chi connectivity index (χ1) is 11.5. The molecule has 0 bridgehead atoms. The third kappa shape index (κ3) is 3.72. The van der Waals surface area contributed by atoms with Crippen LogP contribution in [0.4, 0.5) is 10.7 Å². The molecule has 7 heteroatoms. The van der Waals surface area contributed by atoms with Crippen LogP contribution in [0.25, 0.3) is 0 Å². The number of nitrogens with zero attached hydrogens (tertiary/aromatic N) is 3. The number of aliphatic imine (C=N–C) groups is 1. The molecule has 0 unspecified atom stereocenters. The van der Waals surface area contributed by atoms with Crippen LogP contribution in [-0.2, 0) is 7.05 Å². The Hall–Kier alpha value is -2.44. The lowest BCUT2D eigenvalue weighted by Gasteiger charge is -2.04. The van der Waals surface area contributed by atoms with Crippen LogP contribution in [0.5, 0.6) is 0 Å². The summed E-state index contributed by atoms with van der Waals surface area (Å²) in [5, 5.41) is 10.2. The van der Waals surface area contributed by atoms with Gasteiger partial charge in [-0.15, -0.1) is 11.3 Å². The van der Waals surface area contributed by atoms with Crippen molar-refractivity contribution in [3.05, 3.63) is 63.8 Å². The largest absolute Gasteiger partial charge is 0.322 e. The molecule has 1 N–H and O–H groups in total. The van der Waals surface area contributed by atoms with Crippen LogP contribution in [-0.4, -0.2) is 21.9 Å². The van der Waals surface area contributed by atoms with Gasteiger partial charge in [-0.2, -0.15) is 5.10 Å². The van der Waals surface area contributed by atoms with Crippen molar-refractivity contribution in [3.8, 4) is 0 Å². The number of thiophene rings is 1. The number of carbonyl (C=O) groups is 1. The zero-order chi connectivity index (χ0) is 17.1. The fourth-order valence-electron chi connectivity index (χ4n) is 2.18. The van der Waals surface area contributed by atoms with Crippen LogP contribution in [0.3, 0.4) is 0 Å². The summed E-state index contributed by atoms with van der Waals surface area (Å²) in [6.07, 6.45) is 3.62. The molecule has 2 heterocycles. The van der Waals surface area contributed by atoms with Crippen molar-refractivity contribution in [2.45, 2.75) is 6.92 Å². The first-order valence-electron chi connectivity index (χ1n) is 7.21. The monoisotopic (exact) mass is 358 g/mol. The maximum atomic E-state index is 12.4. The zero-order valence-electron chi connectivity index (χ0n) is 13.2. The third-order valence-corrected chi connectivity index (χ3v) is 4.44. The predicted molar refractivity (Wildman–Crippen MR) is 98.9 cm³/mol. The smallest absolute Gasteiger partial charge is 0.258 e. The standard InChI is InChI=1S/C17H15ClN4OS/c1-11-12(10-22(2)21-11)9-19-17-15(7-8-24-17)16(23)20-14-5-3-13(18)4-6-14/h3-10H,1-2H3,(H,20,23). The van der Waals surface area contributed by atoms with E-state index in [2.05, 4.69) is 15.4 Å². The van der Waals surface area contributed by atoms with E-state index < -0.39 is 0 Å². The summed E-state index contributed by atoms with van der Waals surface area (Å²) in [4.78, 5) is 16.9. The van der Waals surface area contributed by atoms with Crippen molar-refractivity contribution >= 4 is 45.7 Å². The Morgan fingerprint density at radius 1 is 1.33 bits per heavy atom. The summed E-state index contributed by atoms with van der Waals surface area (Å²) in [5.74, 6) is -0.200. The van der Waals surface area contributed by atoms with Gasteiger partial charge in [-0.1, -0.05) is 11.6 Å². The maximum Gasteiger partial charge on any atom is 0.258 e. The number of carbonyl (C=O) groups excluding carboxylic acids is 1. The summed E-state index contributed by atoms with van der Waals surface area (Å²) in [6, 6.07) is 8.74. The lowest BCUT2D eigenvalue weighted by molar-refractivity contribution is 0.102. The molecule has 5 nitrogen and oxygen atoms in total. The minimum absolute atomic E-state index is 0.200. The topological polar surface area (TPSA) is 59.3 Å². The third-order valence-electron chi connectivity index (χ3n) is 3.36. The average Bonchev–Trinajstić information content (AvgIpc) is 3.13. The zero-order valence-corrected chi connectivity index (χ0v) is 14.7. The number of rotatable bonds is 4. The molecule has 1 amide bonds.